The van der Waals surface area contributed by atoms with Crippen LogP contribution in [-0.4, -0.2) is 29.0 Å². The Kier molecular flexibility index (Phi) is 7.04. The molecule has 6 heteroatoms. The van der Waals surface area contributed by atoms with Crippen molar-refractivity contribution in [1.29, 1.82) is 0 Å². The molecule has 2 atom stereocenters. The van der Waals surface area contributed by atoms with Gasteiger partial charge in [0.15, 0.2) is 0 Å². The second-order valence-corrected chi connectivity index (χ2v) is 4.11. The number of unbranched alkanes of at least 4 members (excludes halogenated alkanes) is 2. The molecule has 0 aliphatic rings. The second-order valence-electron chi connectivity index (χ2n) is 2.08. The predicted molar refractivity (Wildman–Crippen MR) is 41.4 cm³/mol. The Morgan fingerprint density at radius 1 is 0.818 bits per heavy atom. The van der Waals surface area contributed by atoms with E-state index in [9.17, 15) is 17.5 Å². The molecular formula is C5H10O4S2-2. The first kappa shape index (κ1) is 11.2. The number of hydrogen-bond donors (Lipinski definition) is 0. The van der Waals surface area contributed by atoms with Crippen molar-refractivity contribution in [1.82, 2.24) is 0 Å². The third-order valence-electron chi connectivity index (χ3n) is 1.12. The van der Waals surface area contributed by atoms with Crippen LogP contribution >= 0.6 is 0 Å². The van der Waals surface area contributed by atoms with Gasteiger partial charge in [0.05, 0.1) is 0 Å². The zero-order valence-corrected chi connectivity index (χ0v) is 7.62. The molecule has 0 rings (SSSR count). The van der Waals surface area contributed by atoms with Gasteiger partial charge in [0.1, 0.15) is 0 Å². The van der Waals surface area contributed by atoms with Crippen LogP contribution in [0.1, 0.15) is 19.3 Å². The quantitative estimate of drug-likeness (QED) is 0.441. The Balaban J connectivity index is 3.03. The van der Waals surface area contributed by atoms with Crippen LogP contribution in [0.25, 0.3) is 0 Å². The van der Waals surface area contributed by atoms with E-state index in [-0.39, 0.29) is 11.5 Å². The summed E-state index contributed by atoms with van der Waals surface area (Å²) < 4.78 is 39.9. The van der Waals surface area contributed by atoms with Gasteiger partial charge in [0, 0.05) is 11.5 Å². The lowest BCUT2D eigenvalue weighted by molar-refractivity contribution is 0.530. The Bertz CT molecular complexity index is 131. The molecule has 0 aromatic heterocycles. The predicted octanol–water partition coefficient (Wildman–Crippen LogP) is -0.0851. The Labute approximate surface area is 71.0 Å². The minimum atomic E-state index is -1.98. The van der Waals surface area contributed by atoms with Crippen LogP contribution in [0.2, 0.25) is 0 Å². The van der Waals surface area contributed by atoms with Gasteiger partial charge in [-0.3, -0.25) is 8.42 Å². The van der Waals surface area contributed by atoms with E-state index in [0.29, 0.717) is 19.3 Å². The van der Waals surface area contributed by atoms with Gasteiger partial charge in [-0.25, -0.2) is 0 Å². The highest BCUT2D eigenvalue weighted by Gasteiger charge is 1.89. The van der Waals surface area contributed by atoms with Crippen molar-refractivity contribution < 1.29 is 17.5 Å². The van der Waals surface area contributed by atoms with E-state index in [1.54, 1.807) is 0 Å². The Morgan fingerprint density at radius 2 is 1.18 bits per heavy atom. The largest absolute Gasteiger partial charge is 0.772 e. The third kappa shape index (κ3) is 10.2. The summed E-state index contributed by atoms with van der Waals surface area (Å²) >= 11 is -3.97. The summed E-state index contributed by atoms with van der Waals surface area (Å²) in [7, 11) is 0. The Morgan fingerprint density at radius 3 is 1.45 bits per heavy atom. The average molecular weight is 198 g/mol. The molecule has 0 heterocycles. The van der Waals surface area contributed by atoms with Crippen molar-refractivity contribution in [3.63, 3.8) is 0 Å². The highest BCUT2D eigenvalue weighted by molar-refractivity contribution is 7.79. The Hall–Kier alpha value is 0.220. The van der Waals surface area contributed by atoms with Crippen LogP contribution in [0.4, 0.5) is 0 Å². The van der Waals surface area contributed by atoms with Crippen LogP contribution in [0.5, 0.6) is 0 Å². The first-order chi connectivity index (χ1) is 5.13. The maximum absolute atomic E-state index is 9.97. The molecule has 0 N–H and O–H groups in total. The van der Waals surface area contributed by atoms with Crippen LogP contribution in [0, 0.1) is 0 Å². The zero-order chi connectivity index (χ0) is 8.69. The molecule has 0 saturated heterocycles. The maximum Gasteiger partial charge on any atom is 0.0102 e. The summed E-state index contributed by atoms with van der Waals surface area (Å²) in [6.07, 6.45) is 1.75. The summed E-state index contributed by atoms with van der Waals surface area (Å²) in [5, 5.41) is 0. The van der Waals surface area contributed by atoms with Gasteiger partial charge in [-0.05, 0) is 12.8 Å². The van der Waals surface area contributed by atoms with Gasteiger partial charge in [0.2, 0.25) is 0 Å². The topological polar surface area (TPSA) is 80.3 Å². The fourth-order valence-electron chi connectivity index (χ4n) is 0.617. The molecule has 0 aliphatic heterocycles. The van der Waals surface area contributed by atoms with Gasteiger partial charge in [-0.15, -0.1) is 0 Å². The van der Waals surface area contributed by atoms with Gasteiger partial charge in [0.25, 0.3) is 0 Å². The molecule has 4 nitrogen and oxygen atoms in total. The molecule has 0 spiro atoms. The second kappa shape index (κ2) is 6.90. The highest BCUT2D eigenvalue weighted by Crippen LogP contribution is 1.97. The van der Waals surface area contributed by atoms with Crippen molar-refractivity contribution in [2.45, 2.75) is 19.3 Å². The third-order valence-corrected chi connectivity index (χ3v) is 2.37. The van der Waals surface area contributed by atoms with E-state index < -0.39 is 22.2 Å². The maximum atomic E-state index is 9.97. The van der Waals surface area contributed by atoms with E-state index in [1.807, 2.05) is 0 Å². The van der Waals surface area contributed by atoms with E-state index in [1.165, 1.54) is 0 Å². The summed E-state index contributed by atoms with van der Waals surface area (Å²) in [6, 6.07) is 0. The van der Waals surface area contributed by atoms with Crippen LogP contribution in [0.3, 0.4) is 0 Å². The summed E-state index contributed by atoms with van der Waals surface area (Å²) in [5.41, 5.74) is 0. The molecule has 0 bridgehead atoms. The minimum Gasteiger partial charge on any atom is -0.772 e. The lowest BCUT2D eigenvalue weighted by atomic mass is 10.3. The molecule has 11 heavy (non-hydrogen) atoms. The fourth-order valence-corrected chi connectivity index (χ4v) is 1.50. The molecule has 0 saturated carbocycles. The molecule has 0 radical (unpaired) electrons. The lowest BCUT2D eigenvalue weighted by Crippen LogP contribution is -1.98. The lowest BCUT2D eigenvalue weighted by Gasteiger charge is -2.05. The van der Waals surface area contributed by atoms with Crippen LogP contribution in [-0.2, 0) is 22.2 Å². The SMILES string of the molecule is O=S([O-])CCCCCS(=O)[O-]. The summed E-state index contributed by atoms with van der Waals surface area (Å²) in [4.78, 5) is 0. The van der Waals surface area contributed by atoms with E-state index in [0.717, 1.165) is 0 Å². The first-order valence-electron chi connectivity index (χ1n) is 3.24. The molecule has 0 aromatic rings. The first-order valence-corrected chi connectivity index (χ1v) is 5.73. The summed E-state index contributed by atoms with van der Waals surface area (Å²) in [5.74, 6) is 0.261. The molecule has 2 unspecified atom stereocenters. The van der Waals surface area contributed by atoms with Gasteiger partial charge in [-0.2, -0.15) is 0 Å². The summed E-state index contributed by atoms with van der Waals surface area (Å²) in [6.45, 7) is 0. The van der Waals surface area contributed by atoms with Crippen molar-refractivity contribution in [2.75, 3.05) is 11.5 Å². The van der Waals surface area contributed by atoms with Crippen LogP contribution in [0.15, 0.2) is 0 Å². The van der Waals surface area contributed by atoms with Crippen molar-refractivity contribution in [3.8, 4) is 0 Å². The fraction of sp³-hybridized carbons (Fsp3) is 1.00. The van der Waals surface area contributed by atoms with Gasteiger partial charge >= 0.3 is 0 Å². The molecule has 0 fully saturated rings. The zero-order valence-electron chi connectivity index (χ0n) is 5.99. The van der Waals surface area contributed by atoms with Crippen molar-refractivity contribution in [3.05, 3.63) is 0 Å². The van der Waals surface area contributed by atoms with E-state index in [4.69, 9.17) is 0 Å². The van der Waals surface area contributed by atoms with Gasteiger partial charge in [-0.1, -0.05) is 28.6 Å². The highest BCUT2D eigenvalue weighted by atomic mass is 32.2. The standard InChI is InChI=1S/C5H12O4S2/c6-10(7)4-2-1-3-5-11(8)9/h1-5H2,(H,6,7)(H,8,9)/p-2. The number of rotatable bonds is 6. The molecular weight excluding hydrogens is 188 g/mol. The smallest absolute Gasteiger partial charge is 0.0102 e. The molecule has 0 aromatic carbocycles. The molecule has 68 valence electrons. The normalized spacial score (nSPS) is 16.2. The van der Waals surface area contributed by atoms with E-state index >= 15 is 0 Å². The van der Waals surface area contributed by atoms with Crippen molar-refractivity contribution in [2.24, 2.45) is 0 Å². The average Bonchev–Trinajstić information content (AvgIpc) is 1.85. The van der Waals surface area contributed by atoms with Crippen LogP contribution < -0.4 is 0 Å². The monoisotopic (exact) mass is 198 g/mol. The number of hydrogen-bond acceptors (Lipinski definition) is 4. The van der Waals surface area contributed by atoms with Gasteiger partial charge < -0.3 is 9.11 Å². The van der Waals surface area contributed by atoms with E-state index in [2.05, 4.69) is 0 Å². The molecule has 0 aliphatic carbocycles. The molecule has 0 amide bonds. The minimum absolute atomic E-state index is 0.130. The van der Waals surface area contributed by atoms with Crippen molar-refractivity contribution >= 4 is 22.2 Å².